The normalized spacial score (nSPS) is 16.5. The summed E-state index contributed by atoms with van der Waals surface area (Å²) in [5.74, 6) is -1.04. The van der Waals surface area contributed by atoms with Crippen LogP contribution in [0.5, 0.6) is 0 Å². The number of hydrazone groups is 1. The van der Waals surface area contributed by atoms with E-state index in [1.807, 2.05) is 0 Å². The molecule has 1 heterocycles. The molecule has 0 saturated carbocycles. The summed E-state index contributed by atoms with van der Waals surface area (Å²) < 4.78 is 4.52. The molecule has 0 aromatic heterocycles. The third-order valence-electron chi connectivity index (χ3n) is 2.27. The van der Waals surface area contributed by atoms with E-state index in [9.17, 15) is 9.59 Å². The van der Waals surface area contributed by atoms with Gasteiger partial charge in [0.1, 0.15) is 11.4 Å². The van der Waals surface area contributed by atoms with Gasteiger partial charge in [-0.2, -0.15) is 5.10 Å². The Bertz CT molecular complexity index is 535. The summed E-state index contributed by atoms with van der Waals surface area (Å²) >= 11 is 5.13. The van der Waals surface area contributed by atoms with Crippen molar-refractivity contribution >= 4 is 34.8 Å². The molecule has 0 fully saturated rings. The van der Waals surface area contributed by atoms with Crippen LogP contribution in [0.15, 0.2) is 41.7 Å². The van der Waals surface area contributed by atoms with Crippen LogP contribution in [0.25, 0.3) is 0 Å². The van der Waals surface area contributed by atoms with Gasteiger partial charge < -0.3 is 10.1 Å². The Labute approximate surface area is 122 Å². The van der Waals surface area contributed by atoms with Crippen LogP contribution >= 0.6 is 12.2 Å². The first-order valence-electron chi connectivity index (χ1n) is 5.79. The van der Waals surface area contributed by atoms with Crippen molar-refractivity contribution in [3.8, 4) is 0 Å². The minimum absolute atomic E-state index is 0.0477. The molecule has 0 amide bonds. The SMILES string of the molecule is C=CCNC(=S)N1N=C(/C=C/C)C(=O)/C1=C\C(=O)OC. The fraction of sp³-hybridized carbons (Fsp3) is 0.231. The molecule has 1 rings (SSSR count). The molecule has 0 saturated heterocycles. The number of ketones is 1. The van der Waals surface area contributed by atoms with E-state index in [1.165, 1.54) is 12.1 Å². The Kier molecular flexibility index (Phi) is 5.79. The number of carbonyl (C=O) groups excluding carboxylic acids is 2. The predicted octanol–water partition coefficient (Wildman–Crippen LogP) is 0.921. The Morgan fingerprint density at radius 3 is 2.85 bits per heavy atom. The molecule has 0 spiro atoms. The average molecular weight is 293 g/mol. The Morgan fingerprint density at radius 1 is 1.60 bits per heavy atom. The maximum Gasteiger partial charge on any atom is 0.332 e. The van der Waals surface area contributed by atoms with Gasteiger partial charge in [0.25, 0.3) is 0 Å². The highest BCUT2D eigenvalue weighted by Gasteiger charge is 2.31. The zero-order valence-electron chi connectivity index (χ0n) is 11.3. The molecule has 106 valence electrons. The van der Waals surface area contributed by atoms with Crippen molar-refractivity contribution in [2.45, 2.75) is 6.92 Å². The van der Waals surface area contributed by atoms with E-state index in [4.69, 9.17) is 12.2 Å². The molecule has 7 heteroatoms. The fourth-order valence-corrected chi connectivity index (χ4v) is 1.61. The fourth-order valence-electron chi connectivity index (χ4n) is 1.39. The van der Waals surface area contributed by atoms with Gasteiger partial charge in [0.05, 0.1) is 13.2 Å². The highest BCUT2D eigenvalue weighted by molar-refractivity contribution is 7.80. The molecule has 1 N–H and O–H groups in total. The van der Waals surface area contributed by atoms with Gasteiger partial charge in [-0.3, -0.25) is 4.79 Å². The zero-order valence-corrected chi connectivity index (χ0v) is 12.1. The lowest BCUT2D eigenvalue weighted by molar-refractivity contribution is -0.135. The summed E-state index contributed by atoms with van der Waals surface area (Å²) in [6.45, 7) is 5.74. The number of methoxy groups -OCH3 is 1. The topological polar surface area (TPSA) is 71.0 Å². The van der Waals surface area contributed by atoms with E-state index in [2.05, 4.69) is 21.7 Å². The monoisotopic (exact) mass is 293 g/mol. The lowest BCUT2D eigenvalue weighted by Gasteiger charge is -2.16. The second kappa shape index (κ2) is 7.34. The Morgan fingerprint density at radius 2 is 2.30 bits per heavy atom. The number of carbonyl (C=O) groups is 2. The van der Waals surface area contributed by atoms with Crippen LogP contribution in [0.2, 0.25) is 0 Å². The molecular formula is C13H15N3O3S. The van der Waals surface area contributed by atoms with Crippen LogP contribution in [-0.2, 0) is 14.3 Å². The van der Waals surface area contributed by atoms with Crippen molar-refractivity contribution in [1.82, 2.24) is 10.3 Å². The largest absolute Gasteiger partial charge is 0.466 e. The lowest BCUT2D eigenvalue weighted by Crippen LogP contribution is -2.35. The summed E-state index contributed by atoms with van der Waals surface area (Å²) in [5.41, 5.74) is 0.247. The molecule has 0 aromatic rings. The van der Waals surface area contributed by atoms with Crippen LogP contribution in [0.1, 0.15) is 6.92 Å². The second-order valence-corrected chi connectivity index (χ2v) is 4.04. The van der Waals surface area contributed by atoms with Gasteiger partial charge in [0.2, 0.25) is 5.78 Å². The van der Waals surface area contributed by atoms with Crippen LogP contribution in [0.4, 0.5) is 0 Å². The van der Waals surface area contributed by atoms with Crippen molar-refractivity contribution in [2.24, 2.45) is 5.10 Å². The number of hydrogen-bond acceptors (Lipinski definition) is 5. The summed E-state index contributed by atoms with van der Waals surface area (Å²) in [4.78, 5) is 23.5. The Balaban J connectivity index is 3.10. The molecule has 0 aromatic carbocycles. The average Bonchev–Trinajstić information content (AvgIpc) is 2.74. The number of hydrogen-bond donors (Lipinski definition) is 1. The highest BCUT2D eigenvalue weighted by atomic mass is 32.1. The molecule has 6 nitrogen and oxygen atoms in total. The summed E-state index contributed by atoms with van der Waals surface area (Å²) in [6.07, 6.45) is 5.90. The van der Waals surface area contributed by atoms with E-state index in [0.29, 0.717) is 6.54 Å². The van der Waals surface area contributed by atoms with Crippen molar-refractivity contribution < 1.29 is 14.3 Å². The highest BCUT2D eigenvalue weighted by Crippen LogP contribution is 2.17. The minimum Gasteiger partial charge on any atom is -0.466 e. The summed E-state index contributed by atoms with van der Waals surface area (Å²) in [6, 6.07) is 0. The van der Waals surface area contributed by atoms with E-state index < -0.39 is 11.8 Å². The summed E-state index contributed by atoms with van der Waals surface area (Å²) in [7, 11) is 1.23. The van der Waals surface area contributed by atoms with Crippen molar-refractivity contribution in [2.75, 3.05) is 13.7 Å². The number of allylic oxidation sites excluding steroid dienone is 3. The number of Topliss-reactive ketones (excluding diaryl/α,β-unsaturated/α-hetero) is 1. The first-order valence-corrected chi connectivity index (χ1v) is 6.20. The minimum atomic E-state index is -0.651. The van der Waals surface area contributed by atoms with Crippen LogP contribution < -0.4 is 5.32 Å². The van der Waals surface area contributed by atoms with Gasteiger partial charge in [-0.1, -0.05) is 12.2 Å². The third kappa shape index (κ3) is 3.61. The van der Waals surface area contributed by atoms with Gasteiger partial charge in [-0.25, -0.2) is 9.80 Å². The van der Waals surface area contributed by atoms with Crippen LogP contribution in [0, 0.1) is 0 Å². The first-order chi connectivity index (χ1) is 9.54. The van der Waals surface area contributed by atoms with Crippen LogP contribution in [0.3, 0.4) is 0 Å². The predicted molar refractivity (Wildman–Crippen MR) is 80.0 cm³/mol. The standard InChI is InChI=1S/C13H15N3O3S/c1-4-6-9-12(18)10(8-11(17)19-3)16(15-9)13(20)14-7-5-2/h4-6,8H,2,7H2,1,3H3,(H,14,20)/b6-4+,10-8+. The maximum absolute atomic E-state index is 12.1. The van der Waals surface area contributed by atoms with E-state index in [1.54, 1.807) is 25.2 Å². The number of rotatable bonds is 4. The number of ether oxygens (including phenoxy) is 1. The van der Waals surface area contributed by atoms with Crippen molar-refractivity contribution in [3.05, 3.63) is 36.6 Å². The molecule has 0 atom stereocenters. The molecule has 0 bridgehead atoms. The quantitative estimate of drug-likeness (QED) is 0.360. The molecule has 20 heavy (non-hydrogen) atoms. The zero-order chi connectivity index (χ0) is 15.1. The molecule has 0 radical (unpaired) electrons. The first kappa shape index (κ1) is 15.8. The third-order valence-corrected chi connectivity index (χ3v) is 2.59. The van der Waals surface area contributed by atoms with Crippen LogP contribution in [-0.4, -0.2) is 41.2 Å². The Hall–Kier alpha value is -2.28. The lowest BCUT2D eigenvalue weighted by atomic mass is 10.2. The molecule has 1 aliphatic rings. The number of nitrogens with one attached hydrogen (secondary N) is 1. The number of esters is 1. The molecule has 0 unspecified atom stereocenters. The van der Waals surface area contributed by atoms with E-state index in [-0.39, 0.29) is 16.5 Å². The summed E-state index contributed by atoms with van der Waals surface area (Å²) in [5, 5.41) is 8.33. The molecular weight excluding hydrogens is 278 g/mol. The van der Waals surface area contributed by atoms with E-state index in [0.717, 1.165) is 6.08 Å². The van der Waals surface area contributed by atoms with Crippen molar-refractivity contribution in [1.29, 1.82) is 0 Å². The van der Waals surface area contributed by atoms with E-state index >= 15 is 0 Å². The van der Waals surface area contributed by atoms with Crippen molar-refractivity contribution in [3.63, 3.8) is 0 Å². The maximum atomic E-state index is 12.1. The van der Waals surface area contributed by atoms with Gasteiger partial charge in [0, 0.05) is 6.54 Å². The van der Waals surface area contributed by atoms with Gasteiger partial charge in [-0.05, 0) is 25.2 Å². The van der Waals surface area contributed by atoms with Gasteiger partial charge in [0.15, 0.2) is 5.11 Å². The number of nitrogens with zero attached hydrogens (tertiary/aromatic N) is 2. The smallest absolute Gasteiger partial charge is 0.332 e. The molecule has 1 aliphatic heterocycles. The molecule has 0 aliphatic carbocycles. The van der Waals surface area contributed by atoms with Gasteiger partial charge >= 0.3 is 5.97 Å². The van der Waals surface area contributed by atoms with Gasteiger partial charge in [-0.15, -0.1) is 6.58 Å². The second-order valence-electron chi connectivity index (χ2n) is 3.65. The number of thiocarbonyl (C=S) groups is 1.